The summed E-state index contributed by atoms with van der Waals surface area (Å²) < 4.78 is 38.4. The SMILES string of the molecule is CCOc1ccc(-c2noc(CN(C)C(=O)C3CCCN(S(=O)(=O)c4ccc(C)cc4)C3)n2)cc1. The number of carbonyl (C=O) groups is 1. The van der Waals surface area contributed by atoms with E-state index in [0.717, 1.165) is 16.9 Å². The van der Waals surface area contributed by atoms with Crippen molar-refractivity contribution in [3.8, 4) is 17.1 Å². The van der Waals surface area contributed by atoms with Crippen molar-refractivity contribution in [2.24, 2.45) is 5.92 Å². The van der Waals surface area contributed by atoms with Gasteiger partial charge in [-0.2, -0.15) is 9.29 Å². The van der Waals surface area contributed by atoms with E-state index < -0.39 is 15.9 Å². The van der Waals surface area contributed by atoms with Crippen LogP contribution in [-0.2, 0) is 21.4 Å². The highest BCUT2D eigenvalue weighted by Gasteiger charge is 2.34. The molecule has 0 bridgehead atoms. The fraction of sp³-hybridized carbons (Fsp3) is 0.400. The van der Waals surface area contributed by atoms with E-state index in [1.807, 2.05) is 38.1 Å². The summed E-state index contributed by atoms with van der Waals surface area (Å²) in [6.45, 7) is 5.11. The Kier molecular flexibility index (Phi) is 7.51. The van der Waals surface area contributed by atoms with Gasteiger partial charge in [-0.3, -0.25) is 4.79 Å². The predicted octanol–water partition coefficient (Wildman–Crippen LogP) is 3.50. The van der Waals surface area contributed by atoms with Crippen molar-refractivity contribution >= 4 is 15.9 Å². The van der Waals surface area contributed by atoms with Gasteiger partial charge in [-0.25, -0.2) is 8.42 Å². The number of ether oxygens (including phenoxy) is 1. The normalized spacial score (nSPS) is 16.7. The number of aryl methyl sites for hydroxylation is 1. The molecule has 4 rings (SSSR count). The van der Waals surface area contributed by atoms with Crippen LogP contribution in [0.3, 0.4) is 0 Å². The molecule has 1 amide bonds. The summed E-state index contributed by atoms with van der Waals surface area (Å²) in [5, 5.41) is 4.02. The maximum absolute atomic E-state index is 13.1. The molecule has 1 fully saturated rings. The quantitative estimate of drug-likeness (QED) is 0.468. The molecular weight excluding hydrogens is 468 g/mol. The minimum absolute atomic E-state index is 0.143. The molecule has 1 aliphatic heterocycles. The molecule has 0 spiro atoms. The molecule has 0 saturated carbocycles. The Morgan fingerprint density at radius 1 is 1.17 bits per heavy atom. The molecule has 186 valence electrons. The Balaban J connectivity index is 1.39. The molecule has 0 radical (unpaired) electrons. The van der Waals surface area contributed by atoms with E-state index >= 15 is 0 Å². The van der Waals surface area contributed by atoms with Gasteiger partial charge in [-0.1, -0.05) is 22.9 Å². The Morgan fingerprint density at radius 2 is 1.89 bits per heavy atom. The number of hydrogen-bond acceptors (Lipinski definition) is 7. The fourth-order valence-corrected chi connectivity index (χ4v) is 5.64. The summed E-state index contributed by atoms with van der Waals surface area (Å²) in [5.41, 5.74) is 1.77. The first-order chi connectivity index (χ1) is 16.8. The zero-order chi connectivity index (χ0) is 25.0. The van der Waals surface area contributed by atoms with Gasteiger partial charge in [0.1, 0.15) is 5.75 Å². The minimum Gasteiger partial charge on any atom is -0.494 e. The van der Waals surface area contributed by atoms with Crippen molar-refractivity contribution in [3.05, 3.63) is 60.0 Å². The summed E-state index contributed by atoms with van der Waals surface area (Å²) >= 11 is 0. The molecule has 35 heavy (non-hydrogen) atoms. The third-order valence-corrected chi connectivity index (χ3v) is 7.91. The lowest BCUT2D eigenvalue weighted by atomic mass is 9.98. The average Bonchev–Trinajstić information content (AvgIpc) is 3.33. The van der Waals surface area contributed by atoms with Crippen LogP contribution in [0.2, 0.25) is 0 Å². The summed E-state index contributed by atoms with van der Waals surface area (Å²) in [6.07, 6.45) is 1.25. The van der Waals surface area contributed by atoms with Crippen LogP contribution in [0.5, 0.6) is 5.75 Å². The van der Waals surface area contributed by atoms with Crippen molar-refractivity contribution in [2.45, 2.75) is 38.1 Å². The van der Waals surface area contributed by atoms with E-state index in [1.165, 1.54) is 9.21 Å². The smallest absolute Gasteiger partial charge is 0.246 e. The van der Waals surface area contributed by atoms with Crippen molar-refractivity contribution in [2.75, 3.05) is 26.7 Å². The highest BCUT2D eigenvalue weighted by Crippen LogP contribution is 2.26. The molecule has 9 nitrogen and oxygen atoms in total. The molecule has 1 aromatic heterocycles. The van der Waals surface area contributed by atoms with Crippen LogP contribution in [0.15, 0.2) is 57.9 Å². The van der Waals surface area contributed by atoms with Gasteiger partial charge in [0, 0.05) is 25.7 Å². The molecule has 2 heterocycles. The summed E-state index contributed by atoms with van der Waals surface area (Å²) in [6, 6.07) is 14.1. The average molecular weight is 499 g/mol. The maximum atomic E-state index is 13.1. The topological polar surface area (TPSA) is 106 Å². The molecular formula is C25H30N4O5S. The van der Waals surface area contributed by atoms with Gasteiger partial charge in [0.05, 0.1) is 24.0 Å². The second-order valence-electron chi connectivity index (χ2n) is 8.68. The van der Waals surface area contributed by atoms with Crippen LogP contribution < -0.4 is 4.74 Å². The Morgan fingerprint density at radius 3 is 2.57 bits per heavy atom. The maximum Gasteiger partial charge on any atom is 0.246 e. The molecule has 1 atom stereocenters. The highest BCUT2D eigenvalue weighted by molar-refractivity contribution is 7.89. The van der Waals surface area contributed by atoms with Gasteiger partial charge in [0.2, 0.25) is 27.6 Å². The monoisotopic (exact) mass is 498 g/mol. The van der Waals surface area contributed by atoms with Crippen molar-refractivity contribution < 1.29 is 22.5 Å². The van der Waals surface area contributed by atoms with Crippen LogP contribution in [0, 0.1) is 12.8 Å². The van der Waals surface area contributed by atoms with Gasteiger partial charge in [-0.15, -0.1) is 0 Å². The molecule has 2 aromatic carbocycles. The van der Waals surface area contributed by atoms with Gasteiger partial charge in [-0.05, 0) is 63.1 Å². The summed E-state index contributed by atoms with van der Waals surface area (Å²) in [7, 11) is -1.99. The Bertz CT molecular complexity index is 1260. The van der Waals surface area contributed by atoms with E-state index in [1.54, 1.807) is 31.3 Å². The number of rotatable bonds is 8. The molecule has 0 aliphatic carbocycles. The number of hydrogen-bond donors (Lipinski definition) is 0. The van der Waals surface area contributed by atoms with Gasteiger partial charge >= 0.3 is 0 Å². The van der Waals surface area contributed by atoms with Crippen LogP contribution in [0.4, 0.5) is 0 Å². The Hall–Kier alpha value is -3.24. The van der Waals surface area contributed by atoms with Crippen LogP contribution in [0.1, 0.15) is 31.2 Å². The lowest BCUT2D eigenvalue weighted by molar-refractivity contribution is -0.136. The van der Waals surface area contributed by atoms with E-state index in [9.17, 15) is 13.2 Å². The number of amides is 1. The lowest BCUT2D eigenvalue weighted by Crippen LogP contribution is -2.45. The first-order valence-corrected chi connectivity index (χ1v) is 13.1. The van der Waals surface area contributed by atoms with E-state index in [0.29, 0.717) is 37.7 Å². The molecule has 0 N–H and O–H groups in total. The standard InChI is InChI=1S/C25H30N4O5S/c1-4-33-21-11-9-19(10-12-21)24-26-23(34-27-24)17-28(3)25(30)20-6-5-15-29(16-20)35(31,32)22-13-7-18(2)8-14-22/h7-14,20H,4-6,15-17H2,1-3H3. The van der Waals surface area contributed by atoms with E-state index in [4.69, 9.17) is 9.26 Å². The Labute approximate surface area is 205 Å². The number of piperidine rings is 1. The predicted molar refractivity (Wildman–Crippen MR) is 130 cm³/mol. The van der Waals surface area contributed by atoms with Gasteiger partial charge < -0.3 is 14.2 Å². The largest absolute Gasteiger partial charge is 0.494 e. The molecule has 10 heteroatoms. The molecule has 3 aromatic rings. The van der Waals surface area contributed by atoms with Crippen molar-refractivity contribution in [1.29, 1.82) is 0 Å². The van der Waals surface area contributed by atoms with E-state index in [-0.39, 0.29) is 23.9 Å². The number of carbonyl (C=O) groups excluding carboxylic acids is 1. The minimum atomic E-state index is -3.65. The van der Waals surface area contributed by atoms with E-state index in [2.05, 4.69) is 10.1 Å². The first-order valence-electron chi connectivity index (χ1n) is 11.7. The van der Waals surface area contributed by atoms with Crippen molar-refractivity contribution in [1.82, 2.24) is 19.3 Å². The van der Waals surface area contributed by atoms with Crippen LogP contribution in [-0.4, -0.2) is 60.4 Å². The van der Waals surface area contributed by atoms with Gasteiger partial charge in [0.25, 0.3) is 0 Å². The van der Waals surface area contributed by atoms with Crippen molar-refractivity contribution in [3.63, 3.8) is 0 Å². The second kappa shape index (κ2) is 10.6. The molecule has 1 unspecified atom stereocenters. The number of nitrogens with zero attached hydrogens (tertiary/aromatic N) is 4. The van der Waals surface area contributed by atoms with Crippen LogP contribution in [0.25, 0.3) is 11.4 Å². The number of benzene rings is 2. The number of aromatic nitrogens is 2. The van der Waals surface area contributed by atoms with Crippen LogP contribution >= 0.6 is 0 Å². The zero-order valence-corrected chi connectivity index (χ0v) is 21.0. The summed E-state index contributed by atoms with van der Waals surface area (Å²) in [5.74, 6) is 0.926. The third-order valence-electron chi connectivity index (χ3n) is 6.03. The third kappa shape index (κ3) is 5.71. The summed E-state index contributed by atoms with van der Waals surface area (Å²) in [4.78, 5) is 19.3. The first kappa shape index (κ1) is 24.9. The highest BCUT2D eigenvalue weighted by atomic mass is 32.2. The van der Waals surface area contributed by atoms with Gasteiger partial charge in [0.15, 0.2) is 0 Å². The second-order valence-corrected chi connectivity index (χ2v) is 10.6. The lowest BCUT2D eigenvalue weighted by Gasteiger charge is -2.33. The molecule has 1 saturated heterocycles. The zero-order valence-electron chi connectivity index (χ0n) is 20.2. The number of sulfonamides is 1. The fourth-order valence-electron chi connectivity index (χ4n) is 4.12. The molecule has 1 aliphatic rings.